The van der Waals surface area contributed by atoms with Crippen molar-refractivity contribution in [1.29, 1.82) is 0 Å². The number of amides is 1. The number of fused-ring (bicyclic) bond motifs is 1. The average molecular weight is 467 g/mol. The molecule has 34 heavy (non-hydrogen) atoms. The van der Waals surface area contributed by atoms with Gasteiger partial charge in [-0.15, -0.1) is 0 Å². The lowest BCUT2D eigenvalue weighted by Crippen LogP contribution is -2.47. The summed E-state index contributed by atoms with van der Waals surface area (Å²) < 4.78 is 10.8. The van der Waals surface area contributed by atoms with Crippen molar-refractivity contribution in [3.05, 3.63) is 54.1 Å². The van der Waals surface area contributed by atoms with Crippen LogP contribution in [0, 0.1) is 0 Å². The largest absolute Gasteiger partial charge is 0.488 e. The van der Waals surface area contributed by atoms with Crippen LogP contribution in [-0.2, 0) is 14.3 Å². The van der Waals surface area contributed by atoms with Gasteiger partial charge < -0.3 is 19.7 Å². The zero-order valence-electron chi connectivity index (χ0n) is 20.7. The topological polar surface area (TPSA) is 67.9 Å². The van der Waals surface area contributed by atoms with E-state index in [1.165, 1.54) is 7.11 Å². The second-order valence-electron chi connectivity index (χ2n) is 9.19. The van der Waals surface area contributed by atoms with Gasteiger partial charge in [0.05, 0.1) is 12.7 Å². The number of hydrogen-bond donors (Lipinski definition) is 1. The molecule has 0 aromatic heterocycles. The molecular weight excluding hydrogens is 428 g/mol. The third-order valence-corrected chi connectivity index (χ3v) is 6.47. The molecule has 0 bridgehead atoms. The van der Waals surface area contributed by atoms with Gasteiger partial charge in [-0.25, -0.2) is 0 Å². The monoisotopic (exact) mass is 466 g/mol. The summed E-state index contributed by atoms with van der Waals surface area (Å²) in [5.41, 5.74) is 0.636. The van der Waals surface area contributed by atoms with E-state index >= 15 is 0 Å². The fourth-order valence-corrected chi connectivity index (χ4v) is 4.32. The molecule has 3 rings (SSSR count). The Labute approximate surface area is 203 Å². The molecule has 2 aromatic rings. The minimum atomic E-state index is -0.200. The molecule has 0 atom stereocenters. The number of allylic oxidation sites excluding steroid dienone is 1. The van der Waals surface area contributed by atoms with Crippen molar-refractivity contribution in [2.24, 2.45) is 0 Å². The highest BCUT2D eigenvalue weighted by Crippen LogP contribution is 2.25. The first-order valence-electron chi connectivity index (χ1n) is 12.4. The van der Waals surface area contributed by atoms with Gasteiger partial charge in [-0.2, -0.15) is 0 Å². The Hall–Kier alpha value is -2.86. The van der Waals surface area contributed by atoms with E-state index in [9.17, 15) is 9.59 Å². The standard InChI is InChI=1S/C28H38N2O4/c1-21(2)30-18-16-24(17-19-30)29-28(32)23(11-5-4-6-15-27(31)33-3)20-34-26-14-9-12-22-10-7-8-13-25(22)26/h7-14,21,24H,4-6,15-20H2,1-3H3,(H,29,32)/b23-11+. The lowest BCUT2D eigenvalue weighted by atomic mass is 10.0. The minimum absolute atomic E-state index is 0.0591. The number of methoxy groups -OCH3 is 1. The predicted octanol–water partition coefficient (Wildman–Crippen LogP) is 4.87. The molecule has 1 saturated heterocycles. The summed E-state index contributed by atoms with van der Waals surface area (Å²) in [7, 11) is 1.40. The number of nitrogens with one attached hydrogen (secondary N) is 1. The van der Waals surface area contributed by atoms with Crippen LogP contribution in [0.2, 0.25) is 0 Å². The molecule has 1 N–H and O–H groups in total. The Morgan fingerprint density at radius 2 is 1.82 bits per heavy atom. The Kier molecular flexibility index (Phi) is 9.95. The average Bonchev–Trinajstić information content (AvgIpc) is 2.85. The van der Waals surface area contributed by atoms with Crippen molar-refractivity contribution in [1.82, 2.24) is 10.2 Å². The number of piperidine rings is 1. The van der Waals surface area contributed by atoms with Crippen LogP contribution in [0.5, 0.6) is 5.75 Å². The fourth-order valence-electron chi connectivity index (χ4n) is 4.32. The minimum Gasteiger partial charge on any atom is -0.488 e. The number of carbonyl (C=O) groups excluding carboxylic acids is 2. The maximum atomic E-state index is 13.2. The number of nitrogens with zero attached hydrogens (tertiary/aromatic N) is 1. The molecule has 1 aliphatic heterocycles. The molecule has 0 aliphatic carbocycles. The highest BCUT2D eigenvalue weighted by atomic mass is 16.5. The molecule has 1 fully saturated rings. The van der Waals surface area contributed by atoms with E-state index in [1.807, 2.05) is 36.4 Å². The normalized spacial score (nSPS) is 15.5. The van der Waals surface area contributed by atoms with Crippen molar-refractivity contribution < 1.29 is 19.1 Å². The molecule has 2 aromatic carbocycles. The molecule has 1 aliphatic rings. The van der Waals surface area contributed by atoms with E-state index in [0.29, 0.717) is 24.5 Å². The van der Waals surface area contributed by atoms with Gasteiger partial charge in [0.25, 0.3) is 5.91 Å². The maximum Gasteiger partial charge on any atom is 0.305 e. The van der Waals surface area contributed by atoms with Gasteiger partial charge in [0.1, 0.15) is 12.4 Å². The molecule has 0 unspecified atom stereocenters. The molecule has 1 heterocycles. The van der Waals surface area contributed by atoms with Gasteiger partial charge in [-0.05, 0) is 57.4 Å². The SMILES string of the molecule is COC(=O)CCCC/C=C(\COc1cccc2ccccc12)C(=O)NC1CCN(C(C)C)CC1. The molecule has 1 amide bonds. The predicted molar refractivity (Wildman–Crippen MR) is 136 cm³/mol. The van der Waals surface area contributed by atoms with Crippen LogP contribution in [0.25, 0.3) is 10.8 Å². The van der Waals surface area contributed by atoms with Crippen LogP contribution in [0.3, 0.4) is 0 Å². The third-order valence-electron chi connectivity index (χ3n) is 6.47. The molecule has 6 heteroatoms. The van der Waals surface area contributed by atoms with E-state index < -0.39 is 0 Å². The van der Waals surface area contributed by atoms with Gasteiger partial charge in [0.2, 0.25) is 0 Å². The third kappa shape index (κ3) is 7.59. The Balaban J connectivity index is 1.63. The van der Waals surface area contributed by atoms with Crippen LogP contribution in [0.1, 0.15) is 52.4 Å². The van der Waals surface area contributed by atoms with Crippen LogP contribution in [0.4, 0.5) is 0 Å². The quantitative estimate of drug-likeness (QED) is 0.291. The van der Waals surface area contributed by atoms with Crippen molar-refractivity contribution in [3.8, 4) is 5.75 Å². The summed E-state index contributed by atoms with van der Waals surface area (Å²) in [6.45, 7) is 6.64. The van der Waals surface area contributed by atoms with Crippen molar-refractivity contribution in [2.75, 3.05) is 26.8 Å². The fraction of sp³-hybridized carbons (Fsp3) is 0.500. The Morgan fingerprint density at radius 3 is 2.56 bits per heavy atom. The highest BCUT2D eigenvalue weighted by molar-refractivity contribution is 5.94. The molecular formula is C28H38N2O4. The van der Waals surface area contributed by atoms with Crippen LogP contribution >= 0.6 is 0 Å². The number of likely N-dealkylation sites (tertiary alicyclic amines) is 1. The summed E-state index contributed by atoms with van der Waals surface area (Å²) in [5.74, 6) is 0.512. The van der Waals surface area contributed by atoms with Crippen molar-refractivity contribution in [2.45, 2.75) is 64.5 Å². The van der Waals surface area contributed by atoms with E-state index in [2.05, 4.69) is 36.2 Å². The van der Waals surface area contributed by atoms with E-state index in [4.69, 9.17) is 9.47 Å². The van der Waals surface area contributed by atoms with Crippen LogP contribution < -0.4 is 10.1 Å². The summed E-state index contributed by atoms with van der Waals surface area (Å²) in [6, 6.07) is 14.8. The van der Waals surface area contributed by atoms with Gasteiger partial charge in [0, 0.05) is 37.0 Å². The van der Waals surface area contributed by atoms with E-state index in [0.717, 1.165) is 55.3 Å². The lowest BCUT2D eigenvalue weighted by Gasteiger charge is -2.35. The molecule has 0 radical (unpaired) electrons. The second-order valence-corrected chi connectivity index (χ2v) is 9.19. The van der Waals surface area contributed by atoms with Gasteiger partial charge in [-0.1, -0.05) is 42.5 Å². The molecule has 0 spiro atoms. The second kappa shape index (κ2) is 13.1. The van der Waals surface area contributed by atoms with E-state index in [-0.39, 0.29) is 24.5 Å². The first kappa shape index (κ1) is 25.8. The maximum absolute atomic E-state index is 13.2. The number of rotatable bonds is 11. The number of ether oxygens (including phenoxy) is 2. The number of carbonyl (C=O) groups is 2. The molecule has 0 saturated carbocycles. The number of unbranched alkanes of at least 4 members (excludes halogenated alkanes) is 2. The zero-order valence-corrected chi connectivity index (χ0v) is 20.7. The first-order chi connectivity index (χ1) is 16.5. The first-order valence-corrected chi connectivity index (χ1v) is 12.4. The van der Waals surface area contributed by atoms with E-state index in [1.54, 1.807) is 0 Å². The summed E-state index contributed by atoms with van der Waals surface area (Å²) in [6.07, 6.45) is 6.53. The van der Waals surface area contributed by atoms with Gasteiger partial charge >= 0.3 is 5.97 Å². The van der Waals surface area contributed by atoms with Gasteiger partial charge in [-0.3, -0.25) is 9.59 Å². The smallest absolute Gasteiger partial charge is 0.305 e. The zero-order chi connectivity index (χ0) is 24.3. The summed E-state index contributed by atoms with van der Waals surface area (Å²) in [5, 5.41) is 5.37. The van der Waals surface area contributed by atoms with Gasteiger partial charge in [0.15, 0.2) is 0 Å². The Bertz CT molecular complexity index is 972. The number of benzene rings is 2. The lowest BCUT2D eigenvalue weighted by molar-refractivity contribution is -0.140. The Morgan fingerprint density at radius 1 is 1.09 bits per heavy atom. The van der Waals surface area contributed by atoms with Crippen LogP contribution in [-0.4, -0.2) is 55.7 Å². The number of hydrogen-bond acceptors (Lipinski definition) is 5. The highest BCUT2D eigenvalue weighted by Gasteiger charge is 2.23. The summed E-state index contributed by atoms with van der Waals surface area (Å²) >= 11 is 0. The van der Waals surface area contributed by atoms with Crippen molar-refractivity contribution >= 4 is 22.6 Å². The van der Waals surface area contributed by atoms with Crippen LogP contribution in [0.15, 0.2) is 54.1 Å². The summed E-state index contributed by atoms with van der Waals surface area (Å²) in [4.78, 5) is 27.0. The number of esters is 1. The molecule has 184 valence electrons. The van der Waals surface area contributed by atoms with Crippen molar-refractivity contribution in [3.63, 3.8) is 0 Å². The molecule has 6 nitrogen and oxygen atoms in total.